The molecule has 2 aromatic heterocycles. The van der Waals surface area contributed by atoms with Gasteiger partial charge in [-0.05, 0) is 49.4 Å². The molecule has 0 N–H and O–H groups in total. The lowest BCUT2D eigenvalue weighted by molar-refractivity contribution is 0.312. The van der Waals surface area contributed by atoms with Gasteiger partial charge in [0.05, 0.1) is 10.4 Å². The number of aromatic nitrogens is 4. The zero-order valence-electron chi connectivity index (χ0n) is 17.9. The molecule has 1 aliphatic rings. The van der Waals surface area contributed by atoms with Crippen LogP contribution in [0.25, 0.3) is 16.6 Å². The highest BCUT2D eigenvalue weighted by atomic mass is 35.5. The second kappa shape index (κ2) is 7.99. The first-order valence-corrected chi connectivity index (χ1v) is 12.4. The molecule has 0 saturated carbocycles. The summed E-state index contributed by atoms with van der Waals surface area (Å²) in [5, 5.41) is 9.47. The summed E-state index contributed by atoms with van der Waals surface area (Å²) in [6.45, 7) is 5.37. The van der Waals surface area contributed by atoms with E-state index in [2.05, 4.69) is 27.2 Å². The van der Waals surface area contributed by atoms with Crippen molar-refractivity contribution < 1.29 is 8.42 Å². The second-order valence-electron chi connectivity index (χ2n) is 8.02. The van der Waals surface area contributed by atoms with Crippen LogP contribution < -0.4 is 4.90 Å². The normalized spacial score (nSPS) is 15.7. The van der Waals surface area contributed by atoms with E-state index < -0.39 is 9.84 Å². The predicted molar refractivity (Wildman–Crippen MR) is 124 cm³/mol. The van der Waals surface area contributed by atoms with Gasteiger partial charge in [0.1, 0.15) is 5.82 Å². The van der Waals surface area contributed by atoms with Crippen LogP contribution in [-0.4, -0.2) is 66.4 Å². The topological polar surface area (TPSA) is 83.7 Å². The van der Waals surface area contributed by atoms with Gasteiger partial charge in [-0.2, -0.15) is 4.52 Å². The average Bonchev–Trinajstić information content (AvgIpc) is 3.24. The fraction of sp³-hybridized carbons (Fsp3) is 0.318. The van der Waals surface area contributed by atoms with Crippen LogP contribution in [0.1, 0.15) is 12.5 Å². The van der Waals surface area contributed by atoms with Crippen LogP contribution in [0.4, 0.5) is 5.82 Å². The molecule has 32 heavy (non-hydrogen) atoms. The molecule has 5 rings (SSSR count). The highest BCUT2D eigenvalue weighted by Gasteiger charge is 2.28. The molecule has 0 spiro atoms. The molecule has 166 valence electrons. The second-order valence-corrected chi connectivity index (χ2v) is 10.3. The minimum atomic E-state index is -3.89. The van der Waals surface area contributed by atoms with Gasteiger partial charge in [-0.3, -0.25) is 0 Å². The van der Waals surface area contributed by atoms with E-state index in [1.807, 2.05) is 31.2 Å². The van der Waals surface area contributed by atoms with E-state index in [9.17, 15) is 8.42 Å². The number of anilines is 1. The molecule has 0 aliphatic carbocycles. The Hall–Kier alpha value is -2.75. The van der Waals surface area contributed by atoms with Crippen LogP contribution in [0.2, 0.25) is 5.02 Å². The number of fused-ring (bicyclic) bond motifs is 3. The van der Waals surface area contributed by atoms with Gasteiger partial charge in [0, 0.05) is 36.6 Å². The van der Waals surface area contributed by atoms with Gasteiger partial charge >= 0.3 is 0 Å². The number of hydrogen-bond acceptors (Lipinski definition) is 7. The highest BCUT2D eigenvalue weighted by Crippen LogP contribution is 2.32. The third-order valence-electron chi connectivity index (χ3n) is 5.96. The van der Waals surface area contributed by atoms with E-state index in [1.165, 1.54) is 4.52 Å². The van der Waals surface area contributed by atoms with Crippen LogP contribution in [-0.2, 0) is 16.3 Å². The van der Waals surface area contributed by atoms with E-state index in [4.69, 9.17) is 16.6 Å². The molecule has 0 bridgehead atoms. The maximum absolute atomic E-state index is 13.4. The minimum absolute atomic E-state index is 0.144. The van der Waals surface area contributed by atoms with Crippen molar-refractivity contribution >= 4 is 43.8 Å². The van der Waals surface area contributed by atoms with Crippen molar-refractivity contribution in [3.05, 3.63) is 53.1 Å². The molecular formula is C22H23ClN6O2S. The summed E-state index contributed by atoms with van der Waals surface area (Å²) in [6.07, 6.45) is 0.833. The molecule has 4 aromatic rings. The zero-order valence-corrected chi connectivity index (χ0v) is 19.4. The molecule has 10 heteroatoms. The van der Waals surface area contributed by atoms with Gasteiger partial charge in [0.25, 0.3) is 0 Å². The summed E-state index contributed by atoms with van der Waals surface area (Å²) < 4.78 is 28.3. The number of rotatable bonds is 4. The monoisotopic (exact) mass is 470 g/mol. The van der Waals surface area contributed by atoms with Crippen LogP contribution in [0.5, 0.6) is 0 Å². The predicted octanol–water partition coefficient (Wildman–Crippen LogP) is 3.08. The number of aryl methyl sites for hydroxylation is 1. The number of nitrogens with zero attached hydrogens (tertiary/aromatic N) is 6. The molecule has 0 unspecified atom stereocenters. The van der Waals surface area contributed by atoms with Crippen molar-refractivity contribution in [3.63, 3.8) is 0 Å². The van der Waals surface area contributed by atoms with Gasteiger partial charge in [-0.1, -0.05) is 35.9 Å². The Balaban J connectivity index is 1.72. The third-order valence-corrected chi connectivity index (χ3v) is 7.86. The van der Waals surface area contributed by atoms with Crippen molar-refractivity contribution in [2.45, 2.75) is 23.3 Å². The van der Waals surface area contributed by atoms with Crippen molar-refractivity contribution in [1.29, 1.82) is 0 Å². The van der Waals surface area contributed by atoms with Gasteiger partial charge in [0.2, 0.25) is 14.9 Å². The average molecular weight is 471 g/mol. The first-order valence-electron chi connectivity index (χ1n) is 10.5. The lowest BCUT2D eigenvalue weighted by Gasteiger charge is -2.33. The van der Waals surface area contributed by atoms with E-state index in [-0.39, 0.29) is 15.6 Å². The quantitative estimate of drug-likeness (QED) is 0.453. The van der Waals surface area contributed by atoms with E-state index in [1.54, 1.807) is 18.2 Å². The van der Waals surface area contributed by atoms with Crippen molar-refractivity contribution in [1.82, 2.24) is 24.7 Å². The van der Waals surface area contributed by atoms with Gasteiger partial charge in [-0.25, -0.2) is 13.4 Å². The van der Waals surface area contributed by atoms with Crippen LogP contribution >= 0.6 is 11.6 Å². The van der Waals surface area contributed by atoms with Crippen LogP contribution in [0.15, 0.2) is 52.4 Å². The maximum Gasteiger partial charge on any atom is 0.229 e. The molecule has 1 aliphatic heterocycles. The summed E-state index contributed by atoms with van der Waals surface area (Å²) in [5.74, 6) is 0.697. The summed E-state index contributed by atoms with van der Waals surface area (Å²) in [5.41, 5.74) is 1.99. The minimum Gasteiger partial charge on any atom is -0.353 e. The van der Waals surface area contributed by atoms with Crippen molar-refractivity contribution in [2.75, 3.05) is 38.1 Å². The first-order chi connectivity index (χ1) is 15.4. The highest BCUT2D eigenvalue weighted by molar-refractivity contribution is 7.91. The Morgan fingerprint density at radius 1 is 1.03 bits per heavy atom. The largest absolute Gasteiger partial charge is 0.353 e. The number of hydrogen-bond donors (Lipinski definition) is 0. The number of piperazine rings is 1. The Morgan fingerprint density at radius 3 is 2.44 bits per heavy atom. The lowest BCUT2D eigenvalue weighted by atomic mass is 10.2. The molecule has 0 radical (unpaired) electrons. The SMILES string of the molecule is CCc1ccc(S(=O)(=O)c2nnn3c2nc(N2CCN(C)CC2)c2cc(Cl)ccc23)cc1. The van der Waals surface area contributed by atoms with E-state index >= 15 is 0 Å². The van der Waals surface area contributed by atoms with Crippen LogP contribution in [0, 0.1) is 0 Å². The van der Waals surface area contributed by atoms with Crippen LogP contribution in [0.3, 0.4) is 0 Å². The van der Waals surface area contributed by atoms with Crippen molar-refractivity contribution in [2.24, 2.45) is 0 Å². The summed E-state index contributed by atoms with van der Waals surface area (Å²) in [7, 11) is -1.81. The number of sulfone groups is 1. The molecule has 1 saturated heterocycles. The molecular weight excluding hydrogens is 448 g/mol. The van der Waals surface area contributed by atoms with Gasteiger partial charge in [0.15, 0.2) is 5.65 Å². The maximum atomic E-state index is 13.4. The Labute approximate surface area is 191 Å². The molecule has 1 fully saturated rings. The smallest absolute Gasteiger partial charge is 0.229 e. The Morgan fingerprint density at radius 2 is 1.75 bits per heavy atom. The Kier molecular flexibility index (Phi) is 5.27. The van der Waals surface area contributed by atoms with Gasteiger partial charge < -0.3 is 9.80 Å². The summed E-state index contributed by atoms with van der Waals surface area (Å²) in [6, 6.07) is 12.3. The molecule has 3 heterocycles. The molecule has 0 amide bonds. The third kappa shape index (κ3) is 3.50. The fourth-order valence-electron chi connectivity index (χ4n) is 4.00. The van der Waals surface area contributed by atoms with Crippen molar-refractivity contribution in [3.8, 4) is 0 Å². The Bertz CT molecular complexity index is 1410. The summed E-state index contributed by atoms with van der Waals surface area (Å²) >= 11 is 6.29. The van der Waals surface area contributed by atoms with E-state index in [0.29, 0.717) is 16.4 Å². The molecule has 0 atom stereocenters. The number of halogens is 1. The van der Waals surface area contributed by atoms with E-state index in [0.717, 1.165) is 43.5 Å². The number of benzene rings is 2. The number of likely N-dealkylation sites (N-methyl/N-ethyl adjacent to an activating group) is 1. The molecule has 2 aromatic carbocycles. The van der Waals surface area contributed by atoms with Gasteiger partial charge in [-0.15, -0.1) is 5.10 Å². The summed E-state index contributed by atoms with van der Waals surface area (Å²) in [4.78, 5) is 9.38. The molecule has 8 nitrogen and oxygen atoms in total. The standard InChI is InChI=1S/C22H23ClN6O2S/c1-3-15-4-7-17(8-5-15)32(30,31)22-21-24-20(28-12-10-27(2)11-13-28)18-14-16(23)6-9-19(18)29(21)26-25-22/h4-9,14H,3,10-13H2,1-2H3. The lowest BCUT2D eigenvalue weighted by Crippen LogP contribution is -2.45. The first kappa shape index (κ1) is 21.1. The fourth-order valence-corrected chi connectivity index (χ4v) is 5.41. The zero-order chi connectivity index (χ0) is 22.5.